The molecule has 9 nitrogen and oxygen atoms in total. The summed E-state index contributed by atoms with van der Waals surface area (Å²) in [5, 5.41) is 2.64. The van der Waals surface area contributed by atoms with Gasteiger partial charge in [0.05, 0.1) is 17.6 Å². The summed E-state index contributed by atoms with van der Waals surface area (Å²) >= 11 is 0. The Morgan fingerprint density at radius 2 is 1.83 bits per heavy atom. The van der Waals surface area contributed by atoms with Crippen molar-refractivity contribution in [3.05, 3.63) is 57.5 Å². The number of carbonyl (C=O) groups excluding carboxylic acids is 2. The zero-order valence-corrected chi connectivity index (χ0v) is 17.7. The molecule has 1 aromatic heterocycles. The highest BCUT2D eigenvalue weighted by atomic mass is 32.2. The Morgan fingerprint density at radius 1 is 1.17 bits per heavy atom. The highest BCUT2D eigenvalue weighted by Gasteiger charge is 2.20. The molecule has 1 N–H and O–H groups in total. The van der Waals surface area contributed by atoms with Crippen LogP contribution < -0.4 is 10.9 Å². The molecule has 0 saturated heterocycles. The number of anilines is 1. The van der Waals surface area contributed by atoms with E-state index in [4.69, 9.17) is 0 Å². The van der Waals surface area contributed by atoms with E-state index in [1.807, 2.05) is 0 Å². The van der Waals surface area contributed by atoms with Crippen molar-refractivity contribution in [1.82, 2.24) is 8.87 Å². The zero-order valence-electron chi connectivity index (χ0n) is 16.8. The molecule has 0 fully saturated rings. The van der Waals surface area contributed by atoms with Gasteiger partial charge in [-0.3, -0.25) is 9.59 Å². The third-order valence-corrected chi connectivity index (χ3v) is 6.20. The molecule has 0 bridgehead atoms. The van der Waals surface area contributed by atoms with Crippen molar-refractivity contribution in [2.24, 2.45) is 0 Å². The van der Waals surface area contributed by atoms with Crippen molar-refractivity contribution in [1.29, 1.82) is 0 Å². The second-order valence-corrected chi connectivity index (χ2v) is 8.78. The average molecular weight is 421 g/mol. The van der Waals surface area contributed by atoms with Crippen molar-refractivity contribution >= 4 is 27.6 Å². The maximum Gasteiger partial charge on any atom is 0.339 e. The van der Waals surface area contributed by atoms with Gasteiger partial charge in [0.25, 0.3) is 5.56 Å². The number of nitrogens with zero attached hydrogens (tertiary/aromatic N) is 2. The van der Waals surface area contributed by atoms with E-state index in [9.17, 15) is 22.8 Å². The fourth-order valence-corrected chi connectivity index (χ4v) is 3.57. The Bertz CT molecular complexity index is 1120. The minimum Gasteiger partial charge on any atom is -0.465 e. The molecule has 0 aliphatic heterocycles. The lowest BCUT2D eigenvalue weighted by Gasteiger charge is -2.16. The van der Waals surface area contributed by atoms with Crippen molar-refractivity contribution in [3.63, 3.8) is 0 Å². The molecule has 0 radical (unpaired) electrons. The van der Waals surface area contributed by atoms with Crippen LogP contribution in [-0.2, 0) is 26.1 Å². The van der Waals surface area contributed by atoms with Crippen LogP contribution in [0.5, 0.6) is 0 Å². The van der Waals surface area contributed by atoms with Crippen LogP contribution in [0.4, 0.5) is 5.69 Å². The molecule has 0 aliphatic carbocycles. The second-order valence-electron chi connectivity index (χ2n) is 6.62. The van der Waals surface area contributed by atoms with Gasteiger partial charge in [0.15, 0.2) is 0 Å². The number of rotatable bonds is 6. The lowest BCUT2D eigenvalue weighted by Crippen LogP contribution is -2.28. The van der Waals surface area contributed by atoms with Crippen LogP contribution >= 0.6 is 0 Å². The number of carbonyl (C=O) groups is 2. The fraction of sp³-hybridized carbons (Fsp3) is 0.316. The predicted octanol–water partition coefficient (Wildman–Crippen LogP) is 1.14. The van der Waals surface area contributed by atoms with Gasteiger partial charge in [-0.1, -0.05) is 0 Å². The number of amides is 1. The molecular weight excluding hydrogens is 398 g/mol. The molecule has 1 amide bonds. The lowest BCUT2D eigenvalue weighted by atomic mass is 10.1. The molecule has 29 heavy (non-hydrogen) atoms. The summed E-state index contributed by atoms with van der Waals surface area (Å²) in [4.78, 5) is 36.2. The molecule has 0 saturated carbocycles. The van der Waals surface area contributed by atoms with Crippen LogP contribution in [0.2, 0.25) is 0 Å². The number of hydrogen-bond acceptors (Lipinski definition) is 6. The van der Waals surface area contributed by atoms with Crippen molar-refractivity contribution in [2.45, 2.75) is 25.3 Å². The SMILES string of the molecule is COC(=O)c1ccc(=O)n(CC(=O)Nc2cc(S(=O)(=O)N(C)C)cc(C)c2C)c1. The summed E-state index contributed by atoms with van der Waals surface area (Å²) in [6.07, 6.45) is 1.23. The molecule has 0 atom stereocenters. The Kier molecular flexibility index (Phi) is 6.60. The van der Waals surface area contributed by atoms with E-state index in [-0.39, 0.29) is 17.0 Å². The number of aromatic nitrogens is 1. The first-order chi connectivity index (χ1) is 13.5. The van der Waals surface area contributed by atoms with Gasteiger partial charge in [-0.05, 0) is 43.2 Å². The van der Waals surface area contributed by atoms with E-state index in [2.05, 4.69) is 10.1 Å². The molecule has 2 rings (SSSR count). The first-order valence-electron chi connectivity index (χ1n) is 8.59. The number of benzene rings is 1. The lowest BCUT2D eigenvalue weighted by molar-refractivity contribution is -0.116. The third-order valence-electron chi connectivity index (χ3n) is 4.41. The third kappa shape index (κ3) is 4.90. The minimum atomic E-state index is -3.68. The van der Waals surface area contributed by atoms with E-state index in [1.54, 1.807) is 13.8 Å². The summed E-state index contributed by atoms with van der Waals surface area (Å²) in [5.41, 5.74) is 1.38. The van der Waals surface area contributed by atoms with Gasteiger partial charge in [0, 0.05) is 32.0 Å². The Morgan fingerprint density at radius 3 is 2.41 bits per heavy atom. The van der Waals surface area contributed by atoms with Gasteiger partial charge in [0.2, 0.25) is 15.9 Å². The van der Waals surface area contributed by atoms with Gasteiger partial charge in [-0.2, -0.15) is 0 Å². The molecule has 10 heteroatoms. The molecule has 1 aromatic carbocycles. The standard InChI is InChI=1S/C19H23N3O6S/c1-12-8-15(29(26,27)21(3)4)9-16(13(12)2)20-17(23)11-22-10-14(19(25)28-5)6-7-18(22)24/h6-10H,11H2,1-5H3,(H,20,23). The van der Waals surface area contributed by atoms with E-state index >= 15 is 0 Å². The van der Waals surface area contributed by atoms with E-state index in [1.165, 1.54) is 51.7 Å². The summed E-state index contributed by atoms with van der Waals surface area (Å²) < 4.78 is 31.6. The normalized spacial score (nSPS) is 11.4. The van der Waals surface area contributed by atoms with Gasteiger partial charge in [-0.15, -0.1) is 0 Å². The number of hydrogen-bond donors (Lipinski definition) is 1. The summed E-state index contributed by atoms with van der Waals surface area (Å²) in [6, 6.07) is 5.39. The van der Waals surface area contributed by atoms with Gasteiger partial charge >= 0.3 is 5.97 Å². The number of aryl methyl sites for hydroxylation is 1. The highest BCUT2D eigenvalue weighted by molar-refractivity contribution is 7.89. The van der Waals surface area contributed by atoms with Crippen molar-refractivity contribution in [3.8, 4) is 0 Å². The molecule has 2 aromatic rings. The van der Waals surface area contributed by atoms with Gasteiger partial charge in [-0.25, -0.2) is 17.5 Å². The van der Waals surface area contributed by atoms with E-state index in [0.717, 1.165) is 8.87 Å². The average Bonchev–Trinajstić information content (AvgIpc) is 2.66. The molecule has 0 aliphatic rings. The number of nitrogens with one attached hydrogen (secondary N) is 1. The summed E-state index contributed by atoms with van der Waals surface area (Å²) in [7, 11) is 0.370. The van der Waals surface area contributed by atoms with E-state index < -0.39 is 27.5 Å². The molecule has 1 heterocycles. The van der Waals surface area contributed by atoms with Crippen LogP contribution in [0.1, 0.15) is 21.5 Å². The van der Waals surface area contributed by atoms with Crippen LogP contribution in [0.25, 0.3) is 0 Å². The largest absolute Gasteiger partial charge is 0.465 e. The first kappa shape index (κ1) is 22.3. The van der Waals surface area contributed by atoms with E-state index in [0.29, 0.717) is 16.8 Å². The summed E-state index contributed by atoms with van der Waals surface area (Å²) in [6.45, 7) is 3.14. The fourth-order valence-electron chi connectivity index (χ4n) is 2.55. The van der Waals surface area contributed by atoms with Crippen LogP contribution in [-0.4, -0.2) is 50.4 Å². The molecular formula is C19H23N3O6S. The maximum atomic E-state index is 12.5. The van der Waals surface area contributed by atoms with Gasteiger partial charge in [0.1, 0.15) is 6.54 Å². The number of ether oxygens (including phenoxy) is 1. The Balaban J connectivity index is 2.33. The number of pyridine rings is 1. The monoisotopic (exact) mass is 421 g/mol. The van der Waals surface area contributed by atoms with Crippen LogP contribution in [0, 0.1) is 13.8 Å². The molecule has 156 valence electrons. The first-order valence-corrected chi connectivity index (χ1v) is 10.0. The molecule has 0 spiro atoms. The number of sulfonamides is 1. The van der Waals surface area contributed by atoms with Gasteiger partial charge < -0.3 is 14.6 Å². The second kappa shape index (κ2) is 8.58. The topological polar surface area (TPSA) is 115 Å². The number of methoxy groups -OCH3 is 1. The van der Waals surface area contributed by atoms with Crippen LogP contribution in [0.15, 0.2) is 40.2 Å². The van der Waals surface area contributed by atoms with Crippen molar-refractivity contribution < 1.29 is 22.7 Å². The zero-order chi connectivity index (χ0) is 21.9. The number of esters is 1. The minimum absolute atomic E-state index is 0.0470. The quantitative estimate of drug-likeness (QED) is 0.700. The van der Waals surface area contributed by atoms with Crippen molar-refractivity contribution in [2.75, 3.05) is 26.5 Å². The Labute approximate surface area is 169 Å². The highest BCUT2D eigenvalue weighted by Crippen LogP contribution is 2.25. The maximum absolute atomic E-state index is 12.5. The molecule has 0 unspecified atom stereocenters. The summed E-state index contributed by atoms with van der Waals surface area (Å²) in [5.74, 6) is -1.18. The van der Waals surface area contributed by atoms with Crippen LogP contribution in [0.3, 0.4) is 0 Å². The predicted molar refractivity (Wildman–Crippen MR) is 107 cm³/mol. The smallest absolute Gasteiger partial charge is 0.339 e. The Hall–Kier alpha value is -2.98.